The number of hydrogen-bond acceptors (Lipinski definition) is 9. The quantitative estimate of drug-likeness (QED) is 0.303. The Morgan fingerprint density at radius 1 is 1.21 bits per heavy atom. The van der Waals surface area contributed by atoms with Gasteiger partial charge in [-0.2, -0.15) is 0 Å². The number of pyridine rings is 1. The summed E-state index contributed by atoms with van der Waals surface area (Å²) in [6.45, 7) is 4.51. The van der Waals surface area contributed by atoms with E-state index in [-0.39, 0.29) is 35.3 Å². The molecule has 2 atom stereocenters. The number of aryl methyl sites for hydroxylation is 1. The average Bonchev–Trinajstić information content (AvgIpc) is 3.68. The van der Waals surface area contributed by atoms with Gasteiger partial charge in [0, 0.05) is 36.1 Å². The SMILES string of the molecule is Cc1csc(C2CCCN2C(=O)c2cc(-c3nnc(C(C)Cc4ccccc4)o3)nc(N(C)S(C)(=O)=O)c2)n1. The van der Waals surface area contributed by atoms with Crippen molar-refractivity contribution >= 4 is 33.1 Å². The second-order valence-corrected chi connectivity index (χ2v) is 12.8. The van der Waals surface area contributed by atoms with Crippen LogP contribution in [0.2, 0.25) is 0 Å². The molecule has 2 unspecified atom stereocenters. The molecule has 0 saturated carbocycles. The number of sulfonamides is 1. The molecule has 1 amide bonds. The van der Waals surface area contributed by atoms with E-state index >= 15 is 0 Å². The molecular formula is C27H30N6O4S2. The number of carbonyl (C=O) groups is 1. The predicted molar refractivity (Wildman–Crippen MR) is 149 cm³/mol. The first-order chi connectivity index (χ1) is 18.6. The molecule has 1 fully saturated rings. The monoisotopic (exact) mass is 566 g/mol. The van der Waals surface area contributed by atoms with Crippen molar-refractivity contribution in [1.29, 1.82) is 0 Å². The number of aromatic nitrogens is 4. The first-order valence-corrected chi connectivity index (χ1v) is 15.4. The maximum Gasteiger partial charge on any atom is 0.266 e. The van der Waals surface area contributed by atoms with Gasteiger partial charge in [0.25, 0.3) is 11.8 Å². The molecule has 4 heterocycles. The highest BCUT2D eigenvalue weighted by atomic mass is 32.2. The molecule has 1 saturated heterocycles. The van der Waals surface area contributed by atoms with Crippen LogP contribution in [0.25, 0.3) is 11.6 Å². The summed E-state index contributed by atoms with van der Waals surface area (Å²) < 4.78 is 31.7. The largest absolute Gasteiger partial charge is 0.419 e. The maximum atomic E-state index is 13.8. The van der Waals surface area contributed by atoms with E-state index in [1.807, 2.05) is 49.6 Å². The zero-order chi connectivity index (χ0) is 27.7. The van der Waals surface area contributed by atoms with Crippen molar-refractivity contribution in [3.63, 3.8) is 0 Å². The van der Waals surface area contributed by atoms with Gasteiger partial charge in [0.15, 0.2) is 0 Å². The standard InChI is InChI=1S/C27H30N6O4S2/c1-17(13-19-9-6-5-7-10-19)24-30-31-25(37-24)21-14-20(15-23(29-21)32(3)39(4,35)36)27(34)33-12-8-11-22(33)26-28-18(2)16-38-26/h5-7,9-10,14-17,22H,8,11-13H2,1-4H3. The smallest absolute Gasteiger partial charge is 0.266 e. The van der Waals surface area contributed by atoms with Gasteiger partial charge in [0.1, 0.15) is 16.5 Å². The number of hydrogen-bond donors (Lipinski definition) is 0. The molecule has 1 aromatic carbocycles. The van der Waals surface area contributed by atoms with Gasteiger partial charge in [-0.25, -0.2) is 18.4 Å². The van der Waals surface area contributed by atoms with E-state index in [1.54, 1.807) is 22.3 Å². The van der Waals surface area contributed by atoms with E-state index in [9.17, 15) is 13.2 Å². The molecule has 5 rings (SSSR count). The van der Waals surface area contributed by atoms with Crippen LogP contribution >= 0.6 is 11.3 Å². The summed E-state index contributed by atoms with van der Waals surface area (Å²) >= 11 is 1.54. The summed E-state index contributed by atoms with van der Waals surface area (Å²) in [5.41, 5.74) is 2.59. The normalized spacial score (nSPS) is 16.4. The zero-order valence-corrected chi connectivity index (χ0v) is 23.9. The Hall–Kier alpha value is -3.64. The second-order valence-electron chi connectivity index (χ2n) is 9.85. The maximum absolute atomic E-state index is 13.8. The Labute approximate surface area is 231 Å². The van der Waals surface area contributed by atoms with Crippen LogP contribution in [0, 0.1) is 6.92 Å². The van der Waals surface area contributed by atoms with Crippen LogP contribution in [-0.4, -0.2) is 59.2 Å². The van der Waals surface area contributed by atoms with Crippen molar-refractivity contribution in [3.05, 3.63) is 75.6 Å². The van der Waals surface area contributed by atoms with Crippen LogP contribution < -0.4 is 4.31 Å². The summed E-state index contributed by atoms with van der Waals surface area (Å²) in [6, 6.07) is 13.0. The molecular weight excluding hydrogens is 536 g/mol. The number of likely N-dealkylation sites (tertiary alicyclic amines) is 1. The van der Waals surface area contributed by atoms with Gasteiger partial charge < -0.3 is 9.32 Å². The van der Waals surface area contributed by atoms with Crippen LogP contribution in [-0.2, 0) is 16.4 Å². The van der Waals surface area contributed by atoms with Crippen molar-refractivity contribution in [2.24, 2.45) is 0 Å². The van der Waals surface area contributed by atoms with Crippen LogP contribution in [0.1, 0.15) is 64.2 Å². The molecule has 10 nitrogen and oxygen atoms in total. The Bertz CT molecular complexity index is 1580. The summed E-state index contributed by atoms with van der Waals surface area (Å²) in [4.78, 5) is 24.7. The van der Waals surface area contributed by atoms with Crippen molar-refractivity contribution in [1.82, 2.24) is 25.1 Å². The van der Waals surface area contributed by atoms with Gasteiger partial charge in [-0.15, -0.1) is 21.5 Å². The van der Waals surface area contributed by atoms with Crippen LogP contribution in [0.3, 0.4) is 0 Å². The van der Waals surface area contributed by atoms with Gasteiger partial charge in [-0.05, 0) is 43.9 Å². The topological polar surface area (TPSA) is 122 Å². The summed E-state index contributed by atoms with van der Waals surface area (Å²) in [6.07, 6.45) is 3.47. The summed E-state index contributed by atoms with van der Waals surface area (Å²) in [5.74, 6) is 0.370. The number of amides is 1. The van der Waals surface area contributed by atoms with Gasteiger partial charge in [-0.3, -0.25) is 9.10 Å². The molecule has 0 bridgehead atoms. The Kier molecular flexibility index (Phi) is 7.50. The molecule has 0 spiro atoms. The Balaban J connectivity index is 1.49. The minimum absolute atomic E-state index is 0.0521. The first-order valence-electron chi connectivity index (χ1n) is 12.7. The molecule has 39 heavy (non-hydrogen) atoms. The average molecular weight is 567 g/mol. The fourth-order valence-electron chi connectivity index (χ4n) is 4.63. The third kappa shape index (κ3) is 5.86. The van der Waals surface area contributed by atoms with Gasteiger partial charge in [-0.1, -0.05) is 37.3 Å². The zero-order valence-electron chi connectivity index (χ0n) is 22.2. The molecule has 1 aliphatic rings. The summed E-state index contributed by atoms with van der Waals surface area (Å²) in [7, 11) is -2.24. The summed E-state index contributed by atoms with van der Waals surface area (Å²) in [5, 5.41) is 11.3. The minimum Gasteiger partial charge on any atom is -0.419 e. The van der Waals surface area contributed by atoms with E-state index in [0.717, 1.165) is 39.7 Å². The molecule has 0 aliphatic carbocycles. The number of carbonyl (C=O) groups excluding carboxylic acids is 1. The highest BCUT2D eigenvalue weighted by molar-refractivity contribution is 7.92. The molecule has 4 aromatic rings. The first kappa shape index (κ1) is 26.9. The lowest BCUT2D eigenvalue weighted by atomic mass is 10.0. The minimum atomic E-state index is -3.64. The van der Waals surface area contributed by atoms with E-state index in [0.29, 0.717) is 24.4 Å². The fraction of sp³-hybridized carbons (Fsp3) is 0.370. The van der Waals surface area contributed by atoms with Crippen molar-refractivity contribution < 1.29 is 17.6 Å². The lowest BCUT2D eigenvalue weighted by Crippen LogP contribution is -2.31. The lowest BCUT2D eigenvalue weighted by Gasteiger charge is -2.24. The number of nitrogens with zero attached hydrogens (tertiary/aromatic N) is 6. The molecule has 0 radical (unpaired) electrons. The van der Waals surface area contributed by atoms with Crippen LogP contribution in [0.4, 0.5) is 5.82 Å². The third-order valence-electron chi connectivity index (χ3n) is 6.78. The second kappa shape index (κ2) is 10.9. The number of rotatable bonds is 8. The van der Waals surface area contributed by atoms with E-state index in [1.165, 1.54) is 13.1 Å². The van der Waals surface area contributed by atoms with E-state index in [2.05, 4.69) is 20.2 Å². The Morgan fingerprint density at radius 2 is 1.97 bits per heavy atom. The third-order valence-corrected chi connectivity index (χ3v) is 9.03. The van der Waals surface area contributed by atoms with Gasteiger partial charge in [0.2, 0.25) is 15.9 Å². The van der Waals surface area contributed by atoms with Crippen molar-refractivity contribution in [3.8, 4) is 11.6 Å². The van der Waals surface area contributed by atoms with Crippen LogP contribution in [0.15, 0.2) is 52.3 Å². The molecule has 12 heteroatoms. The molecule has 3 aromatic heterocycles. The van der Waals surface area contributed by atoms with E-state index < -0.39 is 10.0 Å². The number of anilines is 1. The van der Waals surface area contributed by atoms with E-state index in [4.69, 9.17) is 4.42 Å². The highest BCUT2D eigenvalue weighted by Gasteiger charge is 2.33. The van der Waals surface area contributed by atoms with Crippen molar-refractivity contribution in [2.45, 2.75) is 45.1 Å². The van der Waals surface area contributed by atoms with Gasteiger partial charge in [0.05, 0.1) is 12.3 Å². The molecule has 204 valence electrons. The predicted octanol–water partition coefficient (Wildman–Crippen LogP) is 4.62. The lowest BCUT2D eigenvalue weighted by molar-refractivity contribution is 0.0735. The van der Waals surface area contributed by atoms with Crippen LogP contribution in [0.5, 0.6) is 0 Å². The van der Waals surface area contributed by atoms with Crippen molar-refractivity contribution in [2.75, 3.05) is 24.2 Å². The molecule has 1 aliphatic heterocycles. The molecule has 0 N–H and O–H groups in total. The van der Waals surface area contributed by atoms with Gasteiger partial charge >= 0.3 is 0 Å². The Morgan fingerprint density at radius 3 is 2.67 bits per heavy atom. The fourth-order valence-corrected chi connectivity index (χ4v) is 6.01. The number of thiazole rings is 1. The highest BCUT2D eigenvalue weighted by Crippen LogP contribution is 2.36. The number of benzene rings is 1.